The van der Waals surface area contributed by atoms with Crippen LogP contribution in [0.4, 0.5) is 5.69 Å². The third-order valence-corrected chi connectivity index (χ3v) is 4.24. The molecule has 3 nitrogen and oxygen atoms in total. The van der Waals surface area contributed by atoms with Crippen LogP contribution in [0.1, 0.15) is 38.4 Å². The largest absolute Gasteiger partial charge is 0.385 e. The van der Waals surface area contributed by atoms with E-state index in [9.17, 15) is 0 Å². The van der Waals surface area contributed by atoms with Crippen molar-refractivity contribution in [2.24, 2.45) is 11.8 Å². The number of rotatable bonds is 3. The monoisotopic (exact) mass is 257 g/mol. The number of nitrogens with zero attached hydrogens (tertiary/aromatic N) is 1. The van der Waals surface area contributed by atoms with Gasteiger partial charge in [-0.3, -0.25) is 0 Å². The van der Waals surface area contributed by atoms with Crippen molar-refractivity contribution in [3.05, 3.63) is 24.0 Å². The summed E-state index contributed by atoms with van der Waals surface area (Å²) in [6.07, 6.45) is 5.56. The van der Waals surface area contributed by atoms with Gasteiger partial charge in [0.05, 0.1) is 11.0 Å². The summed E-state index contributed by atoms with van der Waals surface area (Å²) < 4.78 is 0. The quantitative estimate of drug-likeness (QED) is 0.868. The van der Waals surface area contributed by atoms with Crippen LogP contribution in [-0.4, -0.2) is 16.5 Å². The molecule has 2 N–H and O–H groups in total. The molecular formula is C16H23N3. The second-order valence-corrected chi connectivity index (χ2v) is 6.07. The lowest BCUT2D eigenvalue weighted by atomic mass is 9.82. The average Bonchev–Trinajstić information content (AvgIpc) is 2.75. The molecule has 0 saturated heterocycles. The van der Waals surface area contributed by atoms with Crippen LogP contribution in [0.25, 0.3) is 11.0 Å². The van der Waals surface area contributed by atoms with Crippen LogP contribution in [0, 0.1) is 18.8 Å². The van der Waals surface area contributed by atoms with Crippen molar-refractivity contribution in [3.63, 3.8) is 0 Å². The van der Waals surface area contributed by atoms with E-state index >= 15 is 0 Å². The molecule has 1 heterocycles. The van der Waals surface area contributed by atoms with Crippen LogP contribution in [0.15, 0.2) is 18.2 Å². The molecule has 1 aromatic heterocycles. The molecule has 3 heteroatoms. The van der Waals surface area contributed by atoms with E-state index in [4.69, 9.17) is 0 Å². The normalized spacial score (nSPS) is 23.7. The Morgan fingerprint density at radius 3 is 3.11 bits per heavy atom. The van der Waals surface area contributed by atoms with Crippen LogP contribution >= 0.6 is 0 Å². The number of imidazole rings is 1. The summed E-state index contributed by atoms with van der Waals surface area (Å²) in [5.41, 5.74) is 3.38. The molecule has 0 amide bonds. The molecule has 2 atom stereocenters. The lowest BCUT2D eigenvalue weighted by Crippen LogP contribution is -2.20. The molecule has 1 aliphatic carbocycles. The van der Waals surface area contributed by atoms with Gasteiger partial charge in [0.25, 0.3) is 0 Å². The minimum Gasteiger partial charge on any atom is -0.385 e. The van der Waals surface area contributed by atoms with Gasteiger partial charge in [-0.1, -0.05) is 19.8 Å². The van der Waals surface area contributed by atoms with Crippen molar-refractivity contribution in [1.82, 2.24) is 9.97 Å². The van der Waals surface area contributed by atoms with Crippen molar-refractivity contribution in [1.29, 1.82) is 0 Å². The van der Waals surface area contributed by atoms with Gasteiger partial charge in [0.1, 0.15) is 5.82 Å². The summed E-state index contributed by atoms with van der Waals surface area (Å²) in [4.78, 5) is 7.72. The minimum atomic E-state index is 0.836. The fourth-order valence-electron chi connectivity index (χ4n) is 3.25. The van der Waals surface area contributed by atoms with Crippen LogP contribution in [-0.2, 0) is 0 Å². The minimum absolute atomic E-state index is 0.836. The predicted octanol–water partition coefficient (Wildman–Crippen LogP) is 4.11. The molecule has 0 radical (unpaired) electrons. The smallest absolute Gasteiger partial charge is 0.104 e. The second kappa shape index (κ2) is 5.24. The standard InChI is InChI=1S/C16H23N3/c1-11-4-3-5-13(8-11)10-17-14-6-7-15-16(9-14)19-12(2)18-15/h6-7,9,11,13,17H,3-5,8,10H2,1-2H3,(H,18,19). The molecule has 19 heavy (non-hydrogen) atoms. The first-order valence-corrected chi connectivity index (χ1v) is 7.41. The Morgan fingerprint density at radius 1 is 1.37 bits per heavy atom. The highest BCUT2D eigenvalue weighted by atomic mass is 14.9. The maximum Gasteiger partial charge on any atom is 0.104 e. The van der Waals surface area contributed by atoms with Gasteiger partial charge in [-0.2, -0.15) is 0 Å². The lowest BCUT2D eigenvalue weighted by molar-refractivity contribution is 0.293. The van der Waals surface area contributed by atoms with E-state index in [0.717, 1.165) is 35.2 Å². The zero-order valence-corrected chi connectivity index (χ0v) is 11.9. The van der Waals surface area contributed by atoms with Gasteiger partial charge < -0.3 is 10.3 Å². The molecular weight excluding hydrogens is 234 g/mol. The Kier molecular flexibility index (Phi) is 3.45. The zero-order valence-electron chi connectivity index (χ0n) is 11.9. The third-order valence-electron chi connectivity index (χ3n) is 4.24. The Hall–Kier alpha value is -1.51. The maximum atomic E-state index is 4.43. The Bertz CT molecular complexity index is 558. The number of hydrogen-bond acceptors (Lipinski definition) is 2. The summed E-state index contributed by atoms with van der Waals surface area (Å²) in [7, 11) is 0. The number of H-pyrrole nitrogens is 1. The molecule has 2 unspecified atom stereocenters. The number of aromatic amines is 1. The summed E-state index contributed by atoms with van der Waals surface area (Å²) in [5.74, 6) is 2.72. The highest BCUT2D eigenvalue weighted by Crippen LogP contribution is 2.29. The van der Waals surface area contributed by atoms with Crippen molar-refractivity contribution >= 4 is 16.7 Å². The molecule has 0 bridgehead atoms. The molecule has 0 aliphatic heterocycles. The van der Waals surface area contributed by atoms with E-state index in [-0.39, 0.29) is 0 Å². The first-order chi connectivity index (χ1) is 9.20. The number of nitrogens with one attached hydrogen (secondary N) is 2. The van der Waals surface area contributed by atoms with Gasteiger partial charge in [0, 0.05) is 12.2 Å². The SMILES string of the molecule is Cc1nc2ccc(NCC3CCCC(C)C3)cc2[nH]1. The van der Waals surface area contributed by atoms with Gasteiger partial charge in [-0.05, 0) is 49.8 Å². The van der Waals surface area contributed by atoms with Crippen molar-refractivity contribution in [2.45, 2.75) is 39.5 Å². The summed E-state index contributed by atoms with van der Waals surface area (Å²) in [6.45, 7) is 5.48. The molecule has 1 fully saturated rings. The van der Waals surface area contributed by atoms with E-state index in [1.165, 1.54) is 31.4 Å². The Balaban J connectivity index is 1.64. The van der Waals surface area contributed by atoms with Crippen LogP contribution < -0.4 is 5.32 Å². The van der Waals surface area contributed by atoms with Gasteiger partial charge in [0.2, 0.25) is 0 Å². The fourth-order valence-corrected chi connectivity index (χ4v) is 3.25. The molecule has 0 spiro atoms. The van der Waals surface area contributed by atoms with Crippen molar-refractivity contribution in [2.75, 3.05) is 11.9 Å². The summed E-state index contributed by atoms with van der Waals surface area (Å²) >= 11 is 0. The average molecular weight is 257 g/mol. The molecule has 1 saturated carbocycles. The number of aryl methyl sites for hydroxylation is 1. The molecule has 2 aromatic rings. The first-order valence-electron chi connectivity index (χ1n) is 7.41. The number of benzene rings is 1. The molecule has 102 valence electrons. The summed E-state index contributed by atoms with van der Waals surface area (Å²) in [5, 5.41) is 3.59. The van der Waals surface area contributed by atoms with Crippen molar-refractivity contribution in [3.8, 4) is 0 Å². The predicted molar refractivity (Wildman–Crippen MR) is 80.4 cm³/mol. The highest BCUT2D eigenvalue weighted by Gasteiger charge is 2.18. The van der Waals surface area contributed by atoms with E-state index < -0.39 is 0 Å². The van der Waals surface area contributed by atoms with Gasteiger partial charge in [-0.15, -0.1) is 0 Å². The van der Waals surface area contributed by atoms with Crippen molar-refractivity contribution < 1.29 is 0 Å². The Labute approximate surface area is 114 Å². The van der Waals surface area contributed by atoms with E-state index in [2.05, 4.69) is 40.4 Å². The van der Waals surface area contributed by atoms with Gasteiger partial charge >= 0.3 is 0 Å². The fraction of sp³-hybridized carbons (Fsp3) is 0.562. The number of anilines is 1. The van der Waals surface area contributed by atoms with E-state index in [1.54, 1.807) is 0 Å². The van der Waals surface area contributed by atoms with E-state index in [1.807, 2.05) is 6.92 Å². The van der Waals surface area contributed by atoms with Gasteiger partial charge in [0.15, 0.2) is 0 Å². The van der Waals surface area contributed by atoms with E-state index in [0.29, 0.717) is 0 Å². The van der Waals surface area contributed by atoms with Crippen LogP contribution in [0.2, 0.25) is 0 Å². The highest BCUT2D eigenvalue weighted by molar-refractivity contribution is 5.79. The topological polar surface area (TPSA) is 40.7 Å². The molecule has 3 rings (SSSR count). The second-order valence-electron chi connectivity index (χ2n) is 6.07. The maximum absolute atomic E-state index is 4.43. The molecule has 1 aliphatic rings. The summed E-state index contributed by atoms with van der Waals surface area (Å²) in [6, 6.07) is 6.39. The third kappa shape index (κ3) is 2.91. The Morgan fingerprint density at radius 2 is 2.26 bits per heavy atom. The number of aromatic nitrogens is 2. The first kappa shape index (κ1) is 12.5. The van der Waals surface area contributed by atoms with Crippen LogP contribution in [0.3, 0.4) is 0 Å². The number of hydrogen-bond donors (Lipinski definition) is 2. The van der Waals surface area contributed by atoms with Gasteiger partial charge in [-0.25, -0.2) is 4.98 Å². The lowest BCUT2D eigenvalue weighted by Gasteiger charge is -2.27. The van der Waals surface area contributed by atoms with Crippen LogP contribution in [0.5, 0.6) is 0 Å². The number of fused-ring (bicyclic) bond motifs is 1. The molecule has 1 aromatic carbocycles. The zero-order chi connectivity index (χ0) is 13.2.